The Kier molecular flexibility index (Phi) is 4.88. The van der Waals surface area contributed by atoms with Crippen LogP contribution >= 0.6 is 15.9 Å². The first-order chi connectivity index (χ1) is 11.1. The van der Waals surface area contributed by atoms with E-state index in [2.05, 4.69) is 48.1 Å². The molecule has 120 valence electrons. The van der Waals surface area contributed by atoms with Crippen LogP contribution in [0.4, 0.5) is 11.5 Å². The number of hydrogen-bond acceptors (Lipinski definition) is 5. The average Bonchev–Trinajstić information content (AvgIpc) is 2.58. The molecule has 0 spiro atoms. The van der Waals surface area contributed by atoms with Crippen LogP contribution in [0.25, 0.3) is 0 Å². The van der Waals surface area contributed by atoms with Crippen molar-refractivity contribution in [3.05, 3.63) is 46.8 Å². The van der Waals surface area contributed by atoms with E-state index in [1.54, 1.807) is 6.20 Å². The Hall–Kier alpha value is -1.99. The van der Waals surface area contributed by atoms with Crippen molar-refractivity contribution in [1.82, 2.24) is 14.9 Å². The Bertz CT molecular complexity index is 683. The number of benzene rings is 1. The van der Waals surface area contributed by atoms with Gasteiger partial charge < -0.3 is 15.1 Å². The first-order valence-corrected chi connectivity index (χ1v) is 8.24. The molecule has 0 bridgehead atoms. The van der Waals surface area contributed by atoms with Gasteiger partial charge in [-0.25, -0.2) is 9.97 Å². The topological polar surface area (TPSA) is 61.4 Å². The zero-order valence-corrected chi connectivity index (χ0v) is 14.5. The largest absolute Gasteiger partial charge is 0.353 e. The predicted octanol–water partition coefficient (Wildman–Crippen LogP) is 2.24. The first kappa shape index (κ1) is 15.9. The predicted molar refractivity (Wildman–Crippen MR) is 93.8 cm³/mol. The molecule has 3 rings (SSSR count). The first-order valence-electron chi connectivity index (χ1n) is 7.45. The standard InChI is InChI=1S/C16H18BrN5O/c1-21-6-8-22(9-7-21)15-11-18-14(10-19-15)16(23)20-13-5-3-2-4-12(13)17/h2-5,10-11H,6-9H2,1H3,(H,20,23). The van der Waals surface area contributed by atoms with E-state index in [9.17, 15) is 4.79 Å². The lowest BCUT2D eigenvalue weighted by Gasteiger charge is -2.32. The van der Waals surface area contributed by atoms with E-state index in [1.165, 1.54) is 6.20 Å². The maximum Gasteiger partial charge on any atom is 0.275 e. The third kappa shape index (κ3) is 3.86. The molecule has 0 atom stereocenters. The second-order valence-corrected chi connectivity index (χ2v) is 6.34. The third-order valence-electron chi connectivity index (χ3n) is 3.82. The summed E-state index contributed by atoms with van der Waals surface area (Å²) in [5, 5.41) is 2.82. The number of nitrogens with zero attached hydrogens (tertiary/aromatic N) is 4. The van der Waals surface area contributed by atoms with Gasteiger partial charge in [-0.1, -0.05) is 12.1 Å². The summed E-state index contributed by atoms with van der Waals surface area (Å²) in [6.45, 7) is 3.86. The summed E-state index contributed by atoms with van der Waals surface area (Å²) >= 11 is 3.40. The van der Waals surface area contributed by atoms with Crippen molar-refractivity contribution in [1.29, 1.82) is 0 Å². The number of hydrogen-bond donors (Lipinski definition) is 1. The monoisotopic (exact) mass is 375 g/mol. The van der Waals surface area contributed by atoms with Gasteiger partial charge in [-0.05, 0) is 35.1 Å². The number of amides is 1. The van der Waals surface area contributed by atoms with Crippen molar-refractivity contribution in [2.75, 3.05) is 43.4 Å². The van der Waals surface area contributed by atoms with Gasteiger partial charge in [-0.3, -0.25) is 4.79 Å². The van der Waals surface area contributed by atoms with Gasteiger partial charge in [-0.15, -0.1) is 0 Å². The number of carbonyl (C=O) groups is 1. The van der Waals surface area contributed by atoms with Gasteiger partial charge in [0, 0.05) is 30.7 Å². The summed E-state index contributed by atoms with van der Waals surface area (Å²) in [7, 11) is 2.11. The average molecular weight is 376 g/mol. The lowest BCUT2D eigenvalue weighted by molar-refractivity contribution is 0.102. The van der Waals surface area contributed by atoms with Gasteiger partial charge in [0.1, 0.15) is 11.5 Å². The smallest absolute Gasteiger partial charge is 0.275 e. The summed E-state index contributed by atoms with van der Waals surface area (Å²) < 4.78 is 0.829. The Labute approximate surface area is 143 Å². The number of rotatable bonds is 3. The van der Waals surface area contributed by atoms with E-state index in [-0.39, 0.29) is 5.91 Å². The number of halogens is 1. The number of piperazine rings is 1. The molecule has 1 saturated heterocycles. The van der Waals surface area contributed by atoms with Gasteiger partial charge in [0.15, 0.2) is 0 Å². The van der Waals surface area contributed by atoms with Crippen molar-refractivity contribution in [3.63, 3.8) is 0 Å². The number of para-hydroxylation sites is 1. The Balaban J connectivity index is 1.67. The number of likely N-dealkylation sites (N-methyl/N-ethyl adjacent to an activating group) is 1. The molecule has 1 N–H and O–H groups in total. The molecule has 2 aromatic rings. The number of anilines is 2. The highest BCUT2D eigenvalue weighted by Crippen LogP contribution is 2.21. The molecule has 7 heteroatoms. The fourth-order valence-corrected chi connectivity index (χ4v) is 2.77. The summed E-state index contributed by atoms with van der Waals surface area (Å²) in [5.41, 5.74) is 1.01. The SMILES string of the molecule is CN1CCN(c2cnc(C(=O)Nc3ccccc3Br)cn2)CC1. The van der Waals surface area contributed by atoms with E-state index in [0.717, 1.165) is 36.5 Å². The van der Waals surface area contributed by atoms with Crippen LogP contribution in [0.1, 0.15) is 10.5 Å². The van der Waals surface area contributed by atoms with Crippen LogP contribution in [-0.2, 0) is 0 Å². The molecule has 0 aliphatic carbocycles. The molecule has 23 heavy (non-hydrogen) atoms. The highest BCUT2D eigenvalue weighted by Gasteiger charge is 2.16. The van der Waals surface area contributed by atoms with Crippen molar-refractivity contribution < 1.29 is 4.79 Å². The Morgan fingerprint density at radius 2 is 1.87 bits per heavy atom. The van der Waals surface area contributed by atoms with Crippen LogP contribution in [0, 0.1) is 0 Å². The van der Waals surface area contributed by atoms with Crippen molar-refractivity contribution >= 4 is 33.3 Å². The quantitative estimate of drug-likeness (QED) is 0.891. The second kappa shape index (κ2) is 7.06. The number of nitrogens with one attached hydrogen (secondary N) is 1. The summed E-state index contributed by atoms with van der Waals surface area (Å²) in [6.07, 6.45) is 3.19. The van der Waals surface area contributed by atoms with Gasteiger partial charge >= 0.3 is 0 Å². The number of aromatic nitrogens is 2. The van der Waals surface area contributed by atoms with Crippen LogP contribution in [-0.4, -0.2) is 54.0 Å². The highest BCUT2D eigenvalue weighted by atomic mass is 79.9. The second-order valence-electron chi connectivity index (χ2n) is 5.48. The van der Waals surface area contributed by atoms with E-state index in [0.29, 0.717) is 11.4 Å². The third-order valence-corrected chi connectivity index (χ3v) is 4.51. The molecular formula is C16H18BrN5O. The fourth-order valence-electron chi connectivity index (χ4n) is 2.39. The zero-order valence-electron chi connectivity index (χ0n) is 12.9. The molecule has 1 aromatic carbocycles. The molecule has 1 amide bonds. The van der Waals surface area contributed by atoms with E-state index < -0.39 is 0 Å². The maximum atomic E-state index is 12.2. The molecule has 0 saturated carbocycles. The molecule has 2 heterocycles. The Morgan fingerprint density at radius 1 is 1.13 bits per heavy atom. The maximum absolute atomic E-state index is 12.2. The minimum absolute atomic E-state index is 0.269. The molecule has 1 aliphatic heterocycles. The molecule has 1 aromatic heterocycles. The van der Waals surface area contributed by atoms with Gasteiger partial charge in [0.05, 0.1) is 18.1 Å². The van der Waals surface area contributed by atoms with Gasteiger partial charge in [0.25, 0.3) is 5.91 Å². The normalized spacial score (nSPS) is 15.5. The molecule has 1 fully saturated rings. The lowest BCUT2D eigenvalue weighted by atomic mass is 10.3. The summed E-state index contributed by atoms with van der Waals surface area (Å²) in [6, 6.07) is 7.46. The highest BCUT2D eigenvalue weighted by molar-refractivity contribution is 9.10. The number of carbonyl (C=O) groups excluding carboxylic acids is 1. The van der Waals surface area contributed by atoms with Crippen LogP contribution in [0.15, 0.2) is 41.1 Å². The van der Waals surface area contributed by atoms with Crippen LogP contribution in [0.5, 0.6) is 0 Å². The van der Waals surface area contributed by atoms with Crippen LogP contribution in [0.2, 0.25) is 0 Å². The van der Waals surface area contributed by atoms with E-state index in [4.69, 9.17) is 0 Å². The van der Waals surface area contributed by atoms with Crippen LogP contribution < -0.4 is 10.2 Å². The molecule has 0 unspecified atom stereocenters. The zero-order chi connectivity index (χ0) is 16.2. The van der Waals surface area contributed by atoms with Crippen molar-refractivity contribution in [3.8, 4) is 0 Å². The molecule has 0 radical (unpaired) electrons. The van der Waals surface area contributed by atoms with Crippen molar-refractivity contribution in [2.24, 2.45) is 0 Å². The van der Waals surface area contributed by atoms with E-state index >= 15 is 0 Å². The molecular weight excluding hydrogens is 358 g/mol. The Morgan fingerprint density at radius 3 is 2.52 bits per heavy atom. The fraction of sp³-hybridized carbons (Fsp3) is 0.312. The minimum atomic E-state index is -0.269. The summed E-state index contributed by atoms with van der Waals surface area (Å²) in [5.74, 6) is 0.546. The summed E-state index contributed by atoms with van der Waals surface area (Å²) in [4.78, 5) is 25.3. The van der Waals surface area contributed by atoms with Gasteiger partial charge in [0.2, 0.25) is 0 Å². The van der Waals surface area contributed by atoms with Crippen LogP contribution in [0.3, 0.4) is 0 Å². The van der Waals surface area contributed by atoms with E-state index in [1.807, 2.05) is 24.3 Å². The minimum Gasteiger partial charge on any atom is -0.353 e. The molecule has 6 nitrogen and oxygen atoms in total. The van der Waals surface area contributed by atoms with Gasteiger partial charge in [-0.2, -0.15) is 0 Å². The van der Waals surface area contributed by atoms with Crippen molar-refractivity contribution in [2.45, 2.75) is 0 Å². The lowest BCUT2D eigenvalue weighted by Crippen LogP contribution is -2.44. The molecule has 1 aliphatic rings.